The summed E-state index contributed by atoms with van der Waals surface area (Å²) in [6.07, 6.45) is 0. The lowest BCUT2D eigenvalue weighted by Gasteiger charge is -2.34. The van der Waals surface area contributed by atoms with Crippen LogP contribution < -0.4 is 0 Å². The lowest BCUT2D eigenvalue weighted by Crippen LogP contribution is -2.49. The van der Waals surface area contributed by atoms with Crippen LogP contribution in [-0.4, -0.2) is 60.1 Å². The van der Waals surface area contributed by atoms with Gasteiger partial charge in [0.15, 0.2) is 0 Å². The Morgan fingerprint density at radius 1 is 1.26 bits per heavy atom. The standard InChI is InChI=1S/C14H19FN2O2/c1-11-8-12(10-13(15)9-11)14(19)17-4-2-16(3-5-17)6-7-18/h8-10,18H,2-7H2,1H3. The number of aliphatic hydroxyl groups excluding tert-OH is 1. The molecule has 4 nitrogen and oxygen atoms in total. The second-order valence-corrected chi connectivity index (χ2v) is 4.87. The van der Waals surface area contributed by atoms with Crippen LogP contribution in [0, 0.1) is 12.7 Å². The highest BCUT2D eigenvalue weighted by Crippen LogP contribution is 2.12. The fourth-order valence-electron chi connectivity index (χ4n) is 2.36. The van der Waals surface area contributed by atoms with E-state index in [2.05, 4.69) is 4.90 Å². The van der Waals surface area contributed by atoms with Crippen molar-refractivity contribution in [1.29, 1.82) is 0 Å². The van der Waals surface area contributed by atoms with Gasteiger partial charge in [-0.1, -0.05) is 0 Å². The number of aliphatic hydroxyl groups is 1. The summed E-state index contributed by atoms with van der Waals surface area (Å²) in [6, 6.07) is 4.41. The van der Waals surface area contributed by atoms with Gasteiger partial charge in [0, 0.05) is 38.3 Å². The number of aryl methyl sites for hydroxylation is 1. The summed E-state index contributed by atoms with van der Waals surface area (Å²) in [5.74, 6) is -0.492. The molecule has 1 aromatic carbocycles. The fourth-order valence-corrected chi connectivity index (χ4v) is 2.36. The molecule has 1 heterocycles. The molecule has 0 aliphatic carbocycles. The summed E-state index contributed by atoms with van der Waals surface area (Å²) in [7, 11) is 0. The molecule has 1 aliphatic rings. The van der Waals surface area contributed by atoms with Gasteiger partial charge in [0.2, 0.25) is 0 Å². The van der Waals surface area contributed by atoms with Gasteiger partial charge in [-0.3, -0.25) is 9.69 Å². The number of hydrogen-bond donors (Lipinski definition) is 1. The van der Waals surface area contributed by atoms with Crippen molar-refractivity contribution in [3.63, 3.8) is 0 Å². The maximum absolute atomic E-state index is 13.3. The number of hydrogen-bond acceptors (Lipinski definition) is 3. The van der Waals surface area contributed by atoms with E-state index in [4.69, 9.17) is 5.11 Å². The van der Waals surface area contributed by atoms with E-state index in [1.54, 1.807) is 17.9 Å². The molecule has 19 heavy (non-hydrogen) atoms. The number of halogens is 1. The van der Waals surface area contributed by atoms with Gasteiger partial charge in [0.25, 0.3) is 5.91 Å². The van der Waals surface area contributed by atoms with Gasteiger partial charge in [-0.2, -0.15) is 0 Å². The van der Waals surface area contributed by atoms with Crippen molar-refractivity contribution in [1.82, 2.24) is 9.80 Å². The fraction of sp³-hybridized carbons (Fsp3) is 0.500. The quantitative estimate of drug-likeness (QED) is 0.883. The molecule has 0 bridgehead atoms. The minimum atomic E-state index is -0.373. The van der Waals surface area contributed by atoms with E-state index < -0.39 is 0 Å². The zero-order valence-electron chi connectivity index (χ0n) is 11.1. The number of carbonyl (C=O) groups is 1. The van der Waals surface area contributed by atoms with Crippen LogP contribution in [0.5, 0.6) is 0 Å². The highest BCUT2D eigenvalue weighted by molar-refractivity contribution is 5.94. The predicted molar refractivity (Wildman–Crippen MR) is 70.6 cm³/mol. The van der Waals surface area contributed by atoms with Crippen LogP contribution in [0.2, 0.25) is 0 Å². The first kappa shape index (κ1) is 14.0. The summed E-state index contributed by atoms with van der Waals surface area (Å²) in [6.45, 7) is 5.29. The van der Waals surface area contributed by atoms with Crippen molar-refractivity contribution in [2.75, 3.05) is 39.3 Å². The summed E-state index contributed by atoms with van der Waals surface area (Å²) in [5, 5.41) is 8.87. The Hall–Kier alpha value is -1.46. The van der Waals surface area contributed by atoms with Gasteiger partial charge in [0.1, 0.15) is 5.82 Å². The smallest absolute Gasteiger partial charge is 0.254 e. The van der Waals surface area contributed by atoms with E-state index in [0.717, 1.165) is 18.7 Å². The molecule has 0 saturated carbocycles. The Balaban J connectivity index is 2.01. The van der Waals surface area contributed by atoms with E-state index >= 15 is 0 Å². The number of nitrogens with zero attached hydrogens (tertiary/aromatic N) is 2. The lowest BCUT2D eigenvalue weighted by atomic mass is 10.1. The minimum Gasteiger partial charge on any atom is -0.395 e. The molecule has 1 aliphatic heterocycles. The second kappa shape index (κ2) is 6.12. The molecule has 0 spiro atoms. The summed E-state index contributed by atoms with van der Waals surface area (Å²) in [5.41, 5.74) is 1.16. The number of carbonyl (C=O) groups excluding carboxylic acids is 1. The second-order valence-electron chi connectivity index (χ2n) is 4.87. The van der Waals surface area contributed by atoms with E-state index in [9.17, 15) is 9.18 Å². The highest BCUT2D eigenvalue weighted by Gasteiger charge is 2.22. The molecular formula is C14H19FN2O2. The summed E-state index contributed by atoms with van der Waals surface area (Å²) < 4.78 is 13.3. The normalized spacial score (nSPS) is 16.7. The van der Waals surface area contributed by atoms with E-state index in [-0.39, 0.29) is 18.3 Å². The van der Waals surface area contributed by atoms with Crippen molar-refractivity contribution < 1.29 is 14.3 Å². The molecule has 1 N–H and O–H groups in total. The van der Waals surface area contributed by atoms with Crippen molar-refractivity contribution in [3.05, 3.63) is 35.1 Å². The van der Waals surface area contributed by atoms with Gasteiger partial charge in [0.05, 0.1) is 6.61 Å². The van der Waals surface area contributed by atoms with Crippen LogP contribution in [0.3, 0.4) is 0 Å². The molecule has 5 heteroatoms. The molecule has 0 unspecified atom stereocenters. The van der Waals surface area contributed by atoms with Gasteiger partial charge >= 0.3 is 0 Å². The molecule has 1 saturated heterocycles. The molecule has 0 radical (unpaired) electrons. The van der Waals surface area contributed by atoms with Gasteiger partial charge in [-0.15, -0.1) is 0 Å². The monoisotopic (exact) mass is 266 g/mol. The lowest BCUT2D eigenvalue weighted by molar-refractivity contribution is 0.0614. The highest BCUT2D eigenvalue weighted by atomic mass is 19.1. The molecule has 104 valence electrons. The summed E-state index contributed by atoms with van der Waals surface area (Å²) in [4.78, 5) is 16.1. The van der Waals surface area contributed by atoms with E-state index in [1.165, 1.54) is 12.1 Å². The third kappa shape index (κ3) is 3.52. The van der Waals surface area contributed by atoms with Crippen LogP contribution in [0.1, 0.15) is 15.9 Å². The minimum absolute atomic E-state index is 0.119. The third-order valence-corrected chi connectivity index (χ3v) is 3.36. The van der Waals surface area contributed by atoms with Crippen LogP contribution in [0.4, 0.5) is 4.39 Å². The third-order valence-electron chi connectivity index (χ3n) is 3.36. The Labute approximate surface area is 112 Å². The van der Waals surface area contributed by atoms with E-state index in [0.29, 0.717) is 25.2 Å². The first-order valence-corrected chi connectivity index (χ1v) is 6.50. The number of piperazine rings is 1. The van der Waals surface area contributed by atoms with Crippen molar-refractivity contribution in [3.8, 4) is 0 Å². The van der Waals surface area contributed by atoms with E-state index in [1.807, 2.05) is 0 Å². The molecule has 2 rings (SSSR count). The number of benzene rings is 1. The number of amides is 1. The van der Waals surface area contributed by atoms with Crippen LogP contribution >= 0.6 is 0 Å². The van der Waals surface area contributed by atoms with Crippen molar-refractivity contribution in [2.24, 2.45) is 0 Å². The largest absolute Gasteiger partial charge is 0.395 e. The van der Waals surface area contributed by atoms with Gasteiger partial charge < -0.3 is 10.0 Å². The first-order chi connectivity index (χ1) is 9.10. The van der Waals surface area contributed by atoms with Gasteiger partial charge in [-0.25, -0.2) is 4.39 Å². The van der Waals surface area contributed by atoms with Gasteiger partial charge in [-0.05, 0) is 30.7 Å². The Bertz CT molecular complexity index is 437. The van der Waals surface area contributed by atoms with Crippen LogP contribution in [0.25, 0.3) is 0 Å². The maximum Gasteiger partial charge on any atom is 0.254 e. The topological polar surface area (TPSA) is 43.8 Å². The van der Waals surface area contributed by atoms with Crippen molar-refractivity contribution in [2.45, 2.75) is 6.92 Å². The zero-order valence-corrected chi connectivity index (χ0v) is 11.1. The Morgan fingerprint density at radius 3 is 2.53 bits per heavy atom. The molecule has 0 atom stereocenters. The predicted octanol–water partition coefficient (Wildman–Crippen LogP) is 0.884. The molecule has 0 aromatic heterocycles. The SMILES string of the molecule is Cc1cc(F)cc(C(=O)N2CCN(CCO)CC2)c1. The van der Waals surface area contributed by atoms with Crippen LogP contribution in [-0.2, 0) is 0 Å². The first-order valence-electron chi connectivity index (χ1n) is 6.50. The average molecular weight is 266 g/mol. The maximum atomic E-state index is 13.3. The Morgan fingerprint density at radius 2 is 1.95 bits per heavy atom. The Kier molecular flexibility index (Phi) is 4.50. The van der Waals surface area contributed by atoms with Crippen molar-refractivity contribution >= 4 is 5.91 Å². The molecule has 1 amide bonds. The summed E-state index contributed by atoms with van der Waals surface area (Å²) >= 11 is 0. The van der Waals surface area contributed by atoms with Crippen LogP contribution in [0.15, 0.2) is 18.2 Å². The molecular weight excluding hydrogens is 247 g/mol. The molecule has 1 fully saturated rings. The number of rotatable bonds is 3. The number of β-amino-alcohol motifs (C(OH)–C–C–N with tert-alkyl or cyclic N) is 1. The average Bonchev–Trinajstić information content (AvgIpc) is 2.38. The zero-order chi connectivity index (χ0) is 13.8. The molecule has 1 aromatic rings.